The van der Waals surface area contributed by atoms with Gasteiger partial charge in [-0.3, -0.25) is 9.69 Å². The molecular formula is C28H45Cl2N3O2. The molecule has 1 aromatic heterocycles. The zero-order valence-electron chi connectivity index (χ0n) is 21.8. The number of alkyl halides is 2. The van der Waals surface area contributed by atoms with Crippen LogP contribution in [0.25, 0.3) is 11.0 Å². The Balaban J connectivity index is 1.95. The summed E-state index contributed by atoms with van der Waals surface area (Å²) in [5.74, 6) is 1.52. The highest BCUT2D eigenvalue weighted by atomic mass is 35.5. The van der Waals surface area contributed by atoms with Crippen LogP contribution in [-0.4, -0.2) is 56.4 Å². The first-order valence-electron chi connectivity index (χ1n) is 13.5. The molecular weight excluding hydrogens is 481 g/mol. The molecule has 0 bridgehead atoms. The van der Waals surface area contributed by atoms with Gasteiger partial charge in [-0.15, -0.1) is 23.2 Å². The monoisotopic (exact) mass is 525 g/mol. The first kappa shape index (κ1) is 29.9. The number of nitrogens with zero attached hydrogens (tertiary/aromatic N) is 3. The van der Waals surface area contributed by atoms with E-state index in [2.05, 4.69) is 34.6 Å². The number of aliphatic carboxylic acids is 1. The Kier molecular flexibility index (Phi) is 14.7. The minimum Gasteiger partial charge on any atom is -0.481 e. The molecule has 2 aromatic rings. The second-order valence-corrected chi connectivity index (χ2v) is 10.4. The predicted octanol–water partition coefficient (Wildman–Crippen LogP) is 7.20. The minimum atomic E-state index is -0.751. The highest BCUT2D eigenvalue weighted by Crippen LogP contribution is 2.23. The van der Waals surface area contributed by atoms with E-state index < -0.39 is 5.97 Å². The van der Waals surface area contributed by atoms with Crippen molar-refractivity contribution in [3.8, 4) is 0 Å². The number of unbranched alkanes of at least 4 members (excludes halogenated alkanes) is 5. The number of hydrogen-bond acceptors (Lipinski definition) is 3. The highest BCUT2D eigenvalue weighted by Gasteiger charge is 2.18. The number of carboxylic acids is 1. The second-order valence-electron chi connectivity index (χ2n) is 9.64. The number of imidazole rings is 1. The first-order chi connectivity index (χ1) is 17.0. The topological polar surface area (TPSA) is 58.4 Å². The van der Waals surface area contributed by atoms with Crippen molar-refractivity contribution in [2.24, 2.45) is 7.05 Å². The lowest BCUT2D eigenvalue weighted by Gasteiger charge is -2.31. The molecule has 0 aliphatic rings. The summed E-state index contributed by atoms with van der Waals surface area (Å²) in [5.41, 5.74) is 3.49. The van der Waals surface area contributed by atoms with Gasteiger partial charge in [-0.2, -0.15) is 0 Å². The predicted molar refractivity (Wildman–Crippen MR) is 149 cm³/mol. The molecule has 1 heterocycles. The summed E-state index contributed by atoms with van der Waals surface area (Å²) in [6, 6.07) is 6.97. The molecule has 0 aliphatic carbocycles. The number of fused-ring (bicyclic) bond motifs is 1. The van der Waals surface area contributed by atoms with E-state index in [-0.39, 0.29) is 6.42 Å². The smallest absolute Gasteiger partial charge is 0.303 e. The van der Waals surface area contributed by atoms with E-state index in [1.165, 1.54) is 56.9 Å². The van der Waals surface area contributed by atoms with Crippen molar-refractivity contribution < 1.29 is 9.90 Å². The van der Waals surface area contributed by atoms with Crippen LogP contribution in [0, 0.1) is 0 Å². The van der Waals surface area contributed by atoms with Gasteiger partial charge < -0.3 is 9.67 Å². The third-order valence-electron chi connectivity index (χ3n) is 7.01. The molecule has 1 atom stereocenters. The zero-order valence-corrected chi connectivity index (χ0v) is 23.3. The lowest BCUT2D eigenvalue weighted by molar-refractivity contribution is -0.137. The summed E-state index contributed by atoms with van der Waals surface area (Å²) in [6.45, 7) is 4.08. The summed E-state index contributed by atoms with van der Waals surface area (Å²) in [4.78, 5) is 18.3. The van der Waals surface area contributed by atoms with Crippen LogP contribution in [0.1, 0.15) is 88.9 Å². The van der Waals surface area contributed by atoms with Crippen LogP contribution in [-0.2, 0) is 24.7 Å². The number of halogens is 2. The van der Waals surface area contributed by atoms with Gasteiger partial charge in [0.15, 0.2) is 0 Å². The fourth-order valence-corrected chi connectivity index (χ4v) is 5.46. The van der Waals surface area contributed by atoms with E-state index in [1.807, 2.05) is 7.05 Å². The molecule has 0 radical (unpaired) electrons. The van der Waals surface area contributed by atoms with Crippen molar-refractivity contribution in [1.29, 1.82) is 0 Å². The second kappa shape index (κ2) is 17.2. The maximum absolute atomic E-state index is 10.9. The van der Waals surface area contributed by atoms with Gasteiger partial charge >= 0.3 is 5.97 Å². The van der Waals surface area contributed by atoms with E-state index in [0.29, 0.717) is 30.6 Å². The molecule has 0 fully saturated rings. The molecule has 0 saturated heterocycles. The Labute approximate surface area is 222 Å². The fraction of sp³-hybridized carbons (Fsp3) is 0.714. The Morgan fingerprint density at radius 3 is 2.34 bits per heavy atom. The SMILES string of the molecule is CCCCCCCC(CCCCc1cccc2c1nc(CCCC(=O)O)n2C)N(CCCl)CCCl. The number of carboxylic acid groups (broad SMARTS) is 1. The average molecular weight is 527 g/mol. The minimum absolute atomic E-state index is 0.181. The molecule has 2 rings (SSSR count). The van der Waals surface area contributed by atoms with Crippen molar-refractivity contribution >= 4 is 40.2 Å². The maximum atomic E-state index is 10.9. The third kappa shape index (κ3) is 10.3. The van der Waals surface area contributed by atoms with E-state index in [9.17, 15) is 4.79 Å². The summed E-state index contributed by atoms with van der Waals surface area (Å²) in [7, 11) is 2.03. The van der Waals surface area contributed by atoms with Crippen molar-refractivity contribution in [2.75, 3.05) is 24.8 Å². The summed E-state index contributed by atoms with van der Waals surface area (Å²) >= 11 is 12.2. The standard InChI is InChI=1S/C28H45Cl2N3O2/c1-3-4-5-6-7-14-24(33(21-19-29)22-20-30)15-9-8-12-23-13-10-16-25-28(23)31-26(32(25)2)17-11-18-27(34)35/h10,13,16,24H,3-9,11-12,14-15,17-22H2,1-2H3,(H,34,35). The fourth-order valence-electron chi connectivity index (χ4n) is 5.03. The number of aryl methyl sites for hydroxylation is 3. The molecule has 35 heavy (non-hydrogen) atoms. The van der Waals surface area contributed by atoms with Crippen LogP contribution in [0.4, 0.5) is 0 Å². The van der Waals surface area contributed by atoms with Crippen LogP contribution >= 0.6 is 23.2 Å². The van der Waals surface area contributed by atoms with Crippen LogP contribution in [0.5, 0.6) is 0 Å². The molecule has 0 spiro atoms. The Hall–Kier alpha value is -1.30. The first-order valence-corrected chi connectivity index (χ1v) is 14.6. The molecule has 198 valence electrons. The van der Waals surface area contributed by atoms with Crippen LogP contribution in [0.3, 0.4) is 0 Å². The van der Waals surface area contributed by atoms with Gasteiger partial charge in [0.1, 0.15) is 5.82 Å². The molecule has 0 aliphatic heterocycles. The third-order valence-corrected chi connectivity index (χ3v) is 7.35. The molecule has 0 amide bonds. The van der Waals surface area contributed by atoms with Gasteiger partial charge in [0.05, 0.1) is 11.0 Å². The van der Waals surface area contributed by atoms with Crippen molar-refractivity contribution in [1.82, 2.24) is 14.5 Å². The van der Waals surface area contributed by atoms with Gasteiger partial charge in [0.25, 0.3) is 0 Å². The van der Waals surface area contributed by atoms with Crippen LogP contribution in [0.15, 0.2) is 18.2 Å². The van der Waals surface area contributed by atoms with Gasteiger partial charge in [-0.1, -0.05) is 57.6 Å². The molecule has 1 unspecified atom stereocenters. The van der Waals surface area contributed by atoms with Gasteiger partial charge in [-0.05, 0) is 43.7 Å². The number of benzene rings is 1. The van der Waals surface area contributed by atoms with Gasteiger partial charge in [-0.25, -0.2) is 4.98 Å². The summed E-state index contributed by atoms with van der Waals surface area (Å²) in [5, 5.41) is 8.94. The Morgan fingerprint density at radius 2 is 1.69 bits per heavy atom. The lowest BCUT2D eigenvalue weighted by atomic mass is 9.98. The molecule has 7 heteroatoms. The van der Waals surface area contributed by atoms with E-state index in [1.54, 1.807) is 0 Å². The zero-order chi connectivity index (χ0) is 25.5. The number of rotatable bonds is 20. The van der Waals surface area contributed by atoms with Crippen molar-refractivity contribution in [2.45, 2.75) is 96.4 Å². The van der Waals surface area contributed by atoms with E-state index in [4.69, 9.17) is 33.3 Å². The number of para-hydroxylation sites is 1. The van der Waals surface area contributed by atoms with E-state index in [0.717, 1.165) is 42.8 Å². The molecule has 1 N–H and O–H groups in total. The summed E-state index contributed by atoms with van der Waals surface area (Å²) in [6.07, 6.45) is 13.8. The van der Waals surface area contributed by atoms with Gasteiger partial charge in [0.2, 0.25) is 0 Å². The number of hydrogen-bond donors (Lipinski definition) is 1. The lowest BCUT2D eigenvalue weighted by Crippen LogP contribution is -2.38. The molecule has 0 saturated carbocycles. The number of carbonyl (C=O) groups is 1. The highest BCUT2D eigenvalue weighted by molar-refractivity contribution is 6.18. The van der Waals surface area contributed by atoms with Gasteiger partial charge in [0, 0.05) is 50.8 Å². The Morgan fingerprint density at radius 1 is 1.00 bits per heavy atom. The molecule has 1 aromatic carbocycles. The average Bonchev–Trinajstić information content (AvgIpc) is 3.16. The summed E-state index contributed by atoms with van der Waals surface area (Å²) < 4.78 is 2.12. The van der Waals surface area contributed by atoms with Crippen LogP contribution in [0.2, 0.25) is 0 Å². The quantitative estimate of drug-likeness (QED) is 0.146. The maximum Gasteiger partial charge on any atom is 0.303 e. The largest absolute Gasteiger partial charge is 0.481 e. The van der Waals surface area contributed by atoms with Crippen molar-refractivity contribution in [3.05, 3.63) is 29.6 Å². The molecule has 5 nitrogen and oxygen atoms in total. The Bertz CT molecular complexity index is 865. The van der Waals surface area contributed by atoms with Crippen LogP contribution < -0.4 is 0 Å². The normalized spacial score (nSPS) is 12.6. The van der Waals surface area contributed by atoms with Crippen molar-refractivity contribution in [3.63, 3.8) is 0 Å². The van der Waals surface area contributed by atoms with E-state index >= 15 is 0 Å². The number of aromatic nitrogens is 2.